The Labute approximate surface area is 219 Å². The quantitative estimate of drug-likeness (QED) is 0.0629. The van der Waals surface area contributed by atoms with Gasteiger partial charge in [0.15, 0.2) is 0 Å². The zero-order valence-electron chi connectivity index (χ0n) is 18.4. The standard InChI is InChI=1S/2C12H8N2.Cd.2N3/c2*1-3-9-5-6-10-4-2-8-14-12(10)11(9)13-7-1;;2*1-3-2/h2*1-8H;;;/q;;+2;2*-1. The smallest absolute Gasteiger partial charge is 0.373 e. The molecule has 0 aliphatic heterocycles. The molecular formula is C24H16CdN10. The molecule has 0 unspecified atom stereocenters. The van der Waals surface area contributed by atoms with E-state index in [9.17, 15) is 0 Å². The van der Waals surface area contributed by atoms with Gasteiger partial charge in [-0.05, 0) is 24.3 Å². The first-order valence-corrected chi connectivity index (χ1v) is 9.87. The first-order chi connectivity index (χ1) is 16.7. The molecule has 0 radical (unpaired) electrons. The third kappa shape index (κ3) is 6.81. The average Bonchev–Trinajstić information content (AvgIpc) is 2.90. The molecule has 10 nitrogen and oxygen atoms in total. The second kappa shape index (κ2) is 14.0. The fraction of sp³-hybridized carbons (Fsp3) is 0. The van der Waals surface area contributed by atoms with Crippen LogP contribution >= 0.6 is 0 Å². The van der Waals surface area contributed by atoms with E-state index in [1.807, 2.05) is 24.3 Å². The molecule has 164 valence electrons. The summed E-state index contributed by atoms with van der Waals surface area (Å²) in [4.78, 5) is 20.4. The Bertz CT molecular complexity index is 1390. The Balaban J connectivity index is 0.000000198. The number of hydrogen-bond donors (Lipinski definition) is 0. The van der Waals surface area contributed by atoms with E-state index in [1.54, 1.807) is 24.8 Å². The molecule has 0 spiro atoms. The molecule has 4 heterocycles. The van der Waals surface area contributed by atoms with Crippen LogP contribution in [-0.2, 0) is 27.3 Å². The Morgan fingerprint density at radius 1 is 0.400 bits per heavy atom. The van der Waals surface area contributed by atoms with Crippen molar-refractivity contribution in [2.75, 3.05) is 0 Å². The number of benzene rings is 2. The predicted molar refractivity (Wildman–Crippen MR) is 134 cm³/mol. The predicted octanol–water partition coefficient (Wildman–Crippen LogP) is 7.30. The molecule has 0 saturated heterocycles. The first kappa shape index (κ1) is 26.9. The largest absolute Gasteiger partial charge is 2.00 e. The molecule has 35 heavy (non-hydrogen) atoms. The number of rotatable bonds is 0. The van der Waals surface area contributed by atoms with E-state index >= 15 is 0 Å². The molecule has 0 fully saturated rings. The van der Waals surface area contributed by atoms with Gasteiger partial charge in [-0.15, -0.1) is 0 Å². The van der Waals surface area contributed by atoms with E-state index in [1.165, 1.54) is 9.82 Å². The van der Waals surface area contributed by atoms with E-state index in [4.69, 9.17) is 22.1 Å². The zero-order chi connectivity index (χ0) is 24.2. The monoisotopic (exact) mass is 558 g/mol. The van der Waals surface area contributed by atoms with Crippen molar-refractivity contribution in [3.05, 3.63) is 130 Å². The Morgan fingerprint density at radius 3 is 0.800 bits per heavy atom. The van der Waals surface area contributed by atoms with Crippen molar-refractivity contribution in [2.45, 2.75) is 0 Å². The summed E-state index contributed by atoms with van der Waals surface area (Å²) in [6.45, 7) is 0. The fourth-order valence-corrected chi connectivity index (χ4v) is 3.36. The van der Waals surface area contributed by atoms with E-state index in [0.717, 1.165) is 43.6 Å². The Morgan fingerprint density at radius 2 is 0.600 bits per heavy atom. The molecule has 0 amide bonds. The van der Waals surface area contributed by atoms with Crippen LogP contribution in [-0.4, -0.2) is 19.9 Å². The van der Waals surface area contributed by atoms with Crippen LogP contribution in [0.2, 0.25) is 0 Å². The number of nitrogens with zero attached hydrogens (tertiary/aromatic N) is 10. The van der Waals surface area contributed by atoms with Crippen molar-refractivity contribution in [3.63, 3.8) is 0 Å². The van der Waals surface area contributed by atoms with Gasteiger partial charge in [0.1, 0.15) is 0 Å². The molecule has 2 aromatic carbocycles. The average molecular weight is 557 g/mol. The third-order valence-corrected chi connectivity index (χ3v) is 4.69. The van der Waals surface area contributed by atoms with Crippen LogP contribution in [0.1, 0.15) is 0 Å². The van der Waals surface area contributed by atoms with Crippen LogP contribution < -0.4 is 0 Å². The van der Waals surface area contributed by atoms with Gasteiger partial charge < -0.3 is 22.1 Å². The summed E-state index contributed by atoms with van der Waals surface area (Å²) in [5.41, 5.74) is 30.9. The minimum atomic E-state index is 0. The molecule has 0 atom stereocenters. The third-order valence-electron chi connectivity index (χ3n) is 4.69. The summed E-state index contributed by atoms with van der Waals surface area (Å²) < 4.78 is 0. The number of pyridine rings is 4. The molecule has 6 rings (SSSR count). The van der Waals surface area contributed by atoms with Crippen molar-refractivity contribution >= 4 is 43.6 Å². The van der Waals surface area contributed by atoms with Gasteiger partial charge in [-0.1, -0.05) is 48.5 Å². The van der Waals surface area contributed by atoms with Gasteiger partial charge in [0.05, 0.1) is 22.1 Å². The number of aromatic nitrogens is 4. The molecule has 6 aromatic rings. The minimum absolute atomic E-state index is 0. The molecule has 11 heteroatoms. The number of fused-ring (bicyclic) bond motifs is 6. The maximum Gasteiger partial charge on any atom is 2.00 e. The van der Waals surface area contributed by atoms with Crippen LogP contribution in [0.15, 0.2) is 97.6 Å². The summed E-state index contributed by atoms with van der Waals surface area (Å²) in [7, 11) is 0. The Kier molecular flexibility index (Phi) is 10.8. The molecule has 0 saturated carbocycles. The molecule has 0 N–H and O–H groups in total. The van der Waals surface area contributed by atoms with Crippen molar-refractivity contribution in [1.82, 2.24) is 19.9 Å². The summed E-state index contributed by atoms with van der Waals surface area (Å²) in [6.07, 6.45) is 7.21. The Hall–Kier alpha value is -4.38. The van der Waals surface area contributed by atoms with Crippen LogP contribution in [0.25, 0.3) is 75.6 Å². The second-order valence-corrected chi connectivity index (χ2v) is 6.61. The van der Waals surface area contributed by atoms with E-state index < -0.39 is 0 Å². The molecule has 4 aromatic heterocycles. The maximum atomic E-state index is 6.75. The SMILES string of the molecule is [Cd+2].[N-]=[N+]=[N-].[N-]=[N+]=[N-].c1cnc2c(c1)ccc1cccnc12.c1cnc2c(c1)ccc1cccnc12. The van der Waals surface area contributed by atoms with Crippen LogP contribution in [0.4, 0.5) is 0 Å². The van der Waals surface area contributed by atoms with Crippen LogP contribution in [0.3, 0.4) is 0 Å². The normalized spacial score (nSPS) is 9.14. The summed E-state index contributed by atoms with van der Waals surface area (Å²) >= 11 is 0. The van der Waals surface area contributed by atoms with Gasteiger partial charge in [-0.3, -0.25) is 29.8 Å². The summed E-state index contributed by atoms with van der Waals surface area (Å²) in [6, 6.07) is 24.3. The van der Waals surface area contributed by atoms with E-state index in [-0.39, 0.29) is 27.3 Å². The summed E-state index contributed by atoms with van der Waals surface area (Å²) in [5.74, 6) is 0. The maximum absolute atomic E-state index is 6.75. The van der Waals surface area contributed by atoms with Crippen molar-refractivity contribution < 1.29 is 27.3 Å². The van der Waals surface area contributed by atoms with Crippen molar-refractivity contribution in [1.29, 1.82) is 0 Å². The van der Waals surface area contributed by atoms with Gasteiger partial charge in [0.25, 0.3) is 0 Å². The van der Waals surface area contributed by atoms with Crippen LogP contribution in [0, 0.1) is 0 Å². The molecule has 0 aliphatic carbocycles. The van der Waals surface area contributed by atoms with Gasteiger partial charge in [0.2, 0.25) is 0 Å². The van der Waals surface area contributed by atoms with Gasteiger partial charge >= 0.3 is 27.3 Å². The molecular weight excluding hydrogens is 541 g/mol. The van der Waals surface area contributed by atoms with E-state index in [2.05, 4.69) is 68.5 Å². The second-order valence-electron chi connectivity index (χ2n) is 6.61. The fourth-order valence-electron chi connectivity index (χ4n) is 3.36. The van der Waals surface area contributed by atoms with Gasteiger partial charge in [-0.25, -0.2) is 0 Å². The number of hydrogen-bond acceptors (Lipinski definition) is 4. The molecule has 0 aliphatic rings. The van der Waals surface area contributed by atoms with Crippen molar-refractivity contribution in [3.8, 4) is 0 Å². The van der Waals surface area contributed by atoms with Gasteiger partial charge in [0, 0.05) is 46.3 Å². The first-order valence-electron chi connectivity index (χ1n) is 9.87. The minimum Gasteiger partial charge on any atom is -0.373 e. The van der Waals surface area contributed by atoms with Gasteiger partial charge in [-0.2, -0.15) is 0 Å². The van der Waals surface area contributed by atoms with Crippen molar-refractivity contribution in [2.24, 2.45) is 0 Å². The zero-order valence-corrected chi connectivity index (χ0v) is 22.5. The topological polar surface area (TPSA) is 169 Å². The summed E-state index contributed by atoms with van der Waals surface area (Å²) in [5, 5.41) is 4.55. The van der Waals surface area contributed by atoms with Crippen LogP contribution in [0.5, 0.6) is 0 Å². The molecule has 0 bridgehead atoms. The van der Waals surface area contributed by atoms with E-state index in [0.29, 0.717) is 0 Å².